The van der Waals surface area contributed by atoms with E-state index in [1.54, 1.807) is 12.4 Å². The molecule has 8 heteroatoms. The van der Waals surface area contributed by atoms with Crippen LogP contribution in [-0.4, -0.2) is 22.0 Å². The van der Waals surface area contributed by atoms with Gasteiger partial charge in [-0.25, -0.2) is 4.39 Å². The van der Waals surface area contributed by atoms with Crippen LogP contribution in [0, 0.1) is 22.9 Å². The molecular formula is C13H13FN4O3. The van der Waals surface area contributed by atoms with Crippen LogP contribution in [0.1, 0.15) is 11.4 Å². The van der Waals surface area contributed by atoms with Crippen LogP contribution in [0.2, 0.25) is 0 Å². The van der Waals surface area contributed by atoms with E-state index in [4.69, 9.17) is 4.74 Å². The van der Waals surface area contributed by atoms with Crippen molar-refractivity contribution < 1.29 is 14.1 Å². The van der Waals surface area contributed by atoms with Crippen LogP contribution < -0.4 is 10.1 Å². The number of benzene rings is 1. The summed E-state index contributed by atoms with van der Waals surface area (Å²) >= 11 is 0. The Bertz CT molecular complexity index is 661. The third kappa shape index (κ3) is 3.41. The fourth-order valence-corrected chi connectivity index (χ4v) is 1.68. The standard InChI is InChI=1S/C13H13FN4O3/c1-8-5-16-9(6-15-8)7-17-11-4-13(21-2)12(18(19)20)3-10(11)14/h3-6,17H,7H2,1-2H3. The van der Waals surface area contributed by atoms with E-state index in [-0.39, 0.29) is 18.0 Å². The van der Waals surface area contributed by atoms with Crippen LogP contribution in [0.3, 0.4) is 0 Å². The molecule has 0 fully saturated rings. The first-order valence-electron chi connectivity index (χ1n) is 6.04. The Morgan fingerprint density at radius 2 is 2.14 bits per heavy atom. The van der Waals surface area contributed by atoms with Crippen molar-refractivity contribution in [3.05, 3.63) is 51.8 Å². The van der Waals surface area contributed by atoms with Gasteiger partial charge in [-0.1, -0.05) is 0 Å². The van der Waals surface area contributed by atoms with E-state index in [0.29, 0.717) is 5.69 Å². The molecule has 0 aliphatic heterocycles. The summed E-state index contributed by atoms with van der Waals surface area (Å²) in [4.78, 5) is 18.3. The minimum absolute atomic E-state index is 0.0149. The summed E-state index contributed by atoms with van der Waals surface area (Å²) in [7, 11) is 1.29. The number of nitro groups is 1. The maximum absolute atomic E-state index is 13.8. The number of hydrogen-bond donors (Lipinski definition) is 1. The van der Waals surface area contributed by atoms with Gasteiger partial charge in [-0.15, -0.1) is 0 Å². The molecule has 1 N–H and O–H groups in total. The molecule has 0 aliphatic rings. The molecule has 0 saturated carbocycles. The fourth-order valence-electron chi connectivity index (χ4n) is 1.68. The first-order chi connectivity index (χ1) is 10.0. The number of nitrogens with zero attached hydrogens (tertiary/aromatic N) is 3. The van der Waals surface area contributed by atoms with Gasteiger partial charge in [0.05, 0.1) is 47.9 Å². The average molecular weight is 292 g/mol. The first kappa shape index (κ1) is 14.6. The molecule has 0 amide bonds. The lowest BCUT2D eigenvalue weighted by Gasteiger charge is -2.09. The summed E-state index contributed by atoms with van der Waals surface area (Å²) in [6, 6.07) is 2.07. The molecule has 1 aromatic carbocycles. The van der Waals surface area contributed by atoms with Crippen molar-refractivity contribution in [3.8, 4) is 5.75 Å². The molecule has 2 aromatic rings. The number of ether oxygens (including phenoxy) is 1. The number of aryl methyl sites for hydroxylation is 1. The van der Waals surface area contributed by atoms with E-state index in [1.807, 2.05) is 6.92 Å². The van der Waals surface area contributed by atoms with Gasteiger partial charge in [-0.2, -0.15) is 0 Å². The van der Waals surface area contributed by atoms with Gasteiger partial charge in [0.25, 0.3) is 0 Å². The maximum atomic E-state index is 13.8. The maximum Gasteiger partial charge on any atom is 0.313 e. The predicted octanol–water partition coefficient (Wildman–Crippen LogP) is 2.45. The minimum Gasteiger partial charge on any atom is -0.490 e. The molecule has 0 bridgehead atoms. The molecule has 1 heterocycles. The summed E-state index contributed by atoms with van der Waals surface area (Å²) in [5.41, 5.74) is 1.08. The second-order valence-electron chi connectivity index (χ2n) is 4.26. The number of anilines is 1. The molecule has 0 saturated heterocycles. The number of rotatable bonds is 5. The number of halogens is 1. The smallest absolute Gasteiger partial charge is 0.313 e. The minimum atomic E-state index is -0.734. The fraction of sp³-hybridized carbons (Fsp3) is 0.231. The number of nitrogens with one attached hydrogen (secondary N) is 1. The molecule has 0 radical (unpaired) electrons. The Morgan fingerprint density at radius 3 is 2.71 bits per heavy atom. The topological polar surface area (TPSA) is 90.2 Å². The highest BCUT2D eigenvalue weighted by molar-refractivity contribution is 5.59. The van der Waals surface area contributed by atoms with Crippen LogP contribution in [0.15, 0.2) is 24.5 Å². The van der Waals surface area contributed by atoms with Crippen molar-refractivity contribution >= 4 is 11.4 Å². The molecular weight excluding hydrogens is 279 g/mol. The van der Waals surface area contributed by atoms with Crippen molar-refractivity contribution in [2.75, 3.05) is 12.4 Å². The van der Waals surface area contributed by atoms with Crippen molar-refractivity contribution in [3.63, 3.8) is 0 Å². The van der Waals surface area contributed by atoms with Crippen LogP contribution in [0.4, 0.5) is 15.8 Å². The van der Waals surface area contributed by atoms with Gasteiger partial charge in [0, 0.05) is 12.3 Å². The highest BCUT2D eigenvalue weighted by Crippen LogP contribution is 2.32. The second kappa shape index (κ2) is 6.12. The molecule has 0 spiro atoms. The van der Waals surface area contributed by atoms with Crippen molar-refractivity contribution in [1.82, 2.24) is 9.97 Å². The molecule has 2 rings (SSSR count). The largest absolute Gasteiger partial charge is 0.490 e. The van der Waals surface area contributed by atoms with Crippen LogP contribution in [-0.2, 0) is 6.54 Å². The van der Waals surface area contributed by atoms with Crippen LogP contribution in [0.25, 0.3) is 0 Å². The van der Waals surface area contributed by atoms with E-state index in [9.17, 15) is 14.5 Å². The summed E-state index contributed by atoms with van der Waals surface area (Å²) in [6.07, 6.45) is 3.17. The number of aromatic nitrogens is 2. The Balaban J connectivity index is 2.20. The molecule has 110 valence electrons. The number of nitro benzene ring substituents is 1. The Kier molecular flexibility index (Phi) is 4.27. The van der Waals surface area contributed by atoms with Gasteiger partial charge in [-0.3, -0.25) is 20.1 Å². The van der Waals surface area contributed by atoms with Crippen molar-refractivity contribution in [2.24, 2.45) is 0 Å². The average Bonchev–Trinajstić information content (AvgIpc) is 2.47. The molecule has 0 aliphatic carbocycles. The Labute approximate surface area is 120 Å². The third-order valence-electron chi connectivity index (χ3n) is 2.76. The van der Waals surface area contributed by atoms with E-state index in [2.05, 4.69) is 15.3 Å². The zero-order valence-electron chi connectivity index (χ0n) is 11.5. The van der Waals surface area contributed by atoms with Gasteiger partial charge in [-0.05, 0) is 6.92 Å². The lowest BCUT2D eigenvalue weighted by Crippen LogP contribution is -2.05. The first-order valence-corrected chi connectivity index (χ1v) is 6.04. The molecule has 7 nitrogen and oxygen atoms in total. The Hall–Kier alpha value is -2.77. The zero-order chi connectivity index (χ0) is 15.4. The SMILES string of the molecule is COc1cc(NCc2cnc(C)cn2)c(F)cc1[N+](=O)[O-]. The van der Waals surface area contributed by atoms with Crippen molar-refractivity contribution in [1.29, 1.82) is 0 Å². The highest BCUT2D eigenvalue weighted by atomic mass is 19.1. The summed E-state index contributed by atoms with van der Waals surface area (Å²) < 4.78 is 18.7. The molecule has 0 atom stereocenters. The van der Waals surface area contributed by atoms with Crippen LogP contribution in [0.5, 0.6) is 5.75 Å². The number of hydrogen-bond acceptors (Lipinski definition) is 6. The second-order valence-corrected chi connectivity index (χ2v) is 4.26. The van der Waals surface area contributed by atoms with Crippen molar-refractivity contribution in [2.45, 2.75) is 13.5 Å². The zero-order valence-corrected chi connectivity index (χ0v) is 11.5. The lowest BCUT2D eigenvalue weighted by atomic mass is 10.2. The van der Waals surface area contributed by atoms with Gasteiger partial charge in [0.1, 0.15) is 0 Å². The van der Waals surface area contributed by atoms with E-state index in [1.165, 1.54) is 13.2 Å². The molecule has 0 unspecified atom stereocenters. The monoisotopic (exact) mass is 292 g/mol. The molecule has 21 heavy (non-hydrogen) atoms. The predicted molar refractivity (Wildman–Crippen MR) is 73.7 cm³/mol. The molecule has 1 aromatic heterocycles. The third-order valence-corrected chi connectivity index (χ3v) is 2.76. The normalized spacial score (nSPS) is 10.2. The number of methoxy groups -OCH3 is 1. The summed E-state index contributed by atoms with van der Waals surface area (Å²) in [5, 5.41) is 13.6. The van der Waals surface area contributed by atoms with E-state index in [0.717, 1.165) is 11.8 Å². The van der Waals surface area contributed by atoms with E-state index < -0.39 is 16.4 Å². The highest BCUT2D eigenvalue weighted by Gasteiger charge is 2.19. The van der Waals surface area contributed by atoms with Gasteiger partial charge in [0.2, 0.25) is 0 Å². The summed E-state index contributed by atoms with van der Waals surface area (Å²) in [6.45, 7) is 2.05. The lowest BCUT2D eigenvalue weighted by molar-refractivity contribution is -0.385. The van der Waals surface area contributed by atoms with Gasteiger partial charge in [0.15, 0.2) is 11.6 Å². The summed E-state index contributed by atoms with van der Waals surface area (Å²) in [5.74, 6) is -0.749. The van der Waals surface area contributed by atoms with Gasteiger partial charge >= 0.3 is 5.69 Å². The van der Waals surface area contributed by atoms with Gasteiger partial charge < -0.3 is 10.1 Å². The quantitative estimate of drug-likeness (QED) is 0.672. The van der Waals surface area contributed by atoms with E-state index >= 15 is 0 Å². The Morgan fingerprint density at radius 1 is 1.38 bits per heavy atom. The van der Waals surface area contributed by atoms with Crippen LogP contribution >= 0.6 is 0 Å².